The molecular weight excluding hydrogens is 374 g/mol. The Morgan fingerprint density at radius 1 is 1.25 bits per heavy atom. The molecule has 2 heterocycles. The molecule has 1 aliphatic rings. The normalized spacial score (nSPS) is 13.3. The summed E-state index contributed by atoms with van der Waals surface area (Å²) in [5.41, 5.74) is 5.35. The SMILES string of the molecule is CCNC(=O)OCCCOC(OC(=O)NCC)N1CNc2c1nc(N)[nH]c2=O. The number of hydrogen-bond donors (Lipinski definition) is 5. The molecule has 0 aromatic carbocycles. The van der Waals surface area contributed by atoms with E-state index >= 15 is 0 Å². The molecule has 1 atom stereocenters. The summed E-state index contributed by atoms with van der Waals surface area (Å²) >= 11 is 0. The van der Waals surface area contributed by atoms with Crippen molar-refractivity contribution in [1.82, 2.24) is 20.6 Å². The average molecular weight is 399 g/mol. The van der Waals surface area contributed by atoms with E-state index in [1.165, 1.54) is 4.90 Å². The highest BCUT2D eigenvalue weighted by Crippen LogP contribution is 2.28. The monoisotopic (exact) mass is 399 g/mol. The Labute approximate surface area is 160 Å². The van der Waals surface area contributed by atoms with Crippen LogP contribution in [0.1, 0.15) is 20.3 Å². The molecule has 13 nitrogen and oxygen atoms in total. The van der Waals surface area contributed by atoms with Gasteiger partial charge in [-0.3, -0.25) is 14.7 Å². The van der Waals surface area contributed by atoms with Gasteiger partial charge in [0.25, 0.3) is 12.0 Å². The Morgan fingerprint density at radius 3 is 2.68 bits per heavy atom. The lowest BCUT2D eigenvalue weighted by atomic mass is 10.4. The molecule has 2 amide bonds. The number of alkyl carbamates (subject to hydrolysis) is 2. The fourth-order valence-electron chi connectivity index (χ4n) is 2.33. The van der Waals surface area contributed by atoms with Gasteiger partial charge in [0.2, 0.25) is 5.95 Å². The van der Waals surface area contributed by atoms with Crippen molar-refractivity contribution in [2.75, 3.05) is 48.9 Å². The number of ether oxygens (including phenoxy) is 3. The summed E-state index contributed by atoms with van der Waals surface area (Å²) in [6.07, 6.45) is -2.02. The van der Waals surface area contributed by atoms with Gasteiger partial charge in [-0.1, -0.05) is 0 Å². The van der Waals surface area contributed by atoms with Gasteiger partial charge >= 0.3 is 12.2 Å². The van der Waals surface area contributed by atoms with Crippen LogP contribution in [-0.4, -0.2) is 61.5 Å². The second kappa shape index (κ2) is 10.2. The number of fused-ring (bicyclic) bond motifs is 1. The second-order valence-electron chi connectivity index (χ2n) is 5.59. The molecule has 0 aliphatic carbocycles. The van der Waals surface area contributed by atoms with Crippen LogP contribution in [-0.2, 0) is 14.2 Å². The summed E-state index contributed by atoms with van der Waals surface area (Å²) in [5.74, 6) is 0.124. The van der Waals surface area contributed by atoms with Gasteiger partial charge in [-0.05, 0) is 13.8 Å². The number of carbonyl (C=O) groups excluding carboxylic acids is 2. The first-order valence-corrected chi connectivity index (χ1v) is 8.83. The number of rotatable bonds is 9. The second-order valence-corrected chi connectivity index (χ2v) is 5.59. The molecule has 0 radical (unpaired) electrons. The summed E-state index contributed by atoms with van der Waals surface area (Å²) in [6, 6.07) is 0. The van der Waals surface area contributed by atoms with Crippen LogP contribution in [0.5, 0.6) is 0 Å². The summed E-state index contributed by atoms with van der Waals surface area (Å²) < 4.78 is 15.8. The van der Waals surface area contributed by atoms with Crippen molar-refractivity contribution in [2.24, 2.45) is 0 Å². The Hall–Kier alpha value is -3.22. The lowest BCUT2D eigenvalue weighted by Gasteiger charge is -2.27. The Bertz CT molecular complexity index is 740. The molecule has 1 aromatic heterocycles. The number of nitrogen functional groups attached to an aromatic ring is 1. The van der Waals surface area contributed by atoms with E-state index in [1.807, 2.05) is 0 Å². The van der Waals surface area contributed by atoms with Gasteiger partial charge in [0.05, 0.1) is 19.9 Å². The number of anilines is 3. The molecule has 0 saturated heterocycles. The first-order valence-electron chi connectivity index (χ1n) is 8.83. The van der Waals surface area contributed by atoms with Crippen LogP contribution in [0.2, 0.25) is 0 Å². The summed E-state index contributed by atoms with van der Waals surface area (Å²) in [7, 11) is 0. The average Bonchev–Trinajstić information content (AvgIpc) is 3.05. The van der Waals surface area contributed by atoms with E-state index in [0.717, 1.165) is 0 Å². The number of aromatic amines is 1. The van der Waals surface area contributed by atoms with Crippen LogP contribution in [0, 0.1) is 0 Å². The van der Waals surface area contributed by atoms with E-state index in [0.29, 0.717) is 19.5 Å². The maximum atomic E-state index is 12.0. The summed E-state index contributed by atoms with van der Waals surface area (Å²) in [6.45, 7) is 4.72. The lowest BCUT2D eigenvalue weighted by molar-refractivity contribution is -0.105. The fraction of sp³-hybridized carbons (Fsp3) is 0.600. The largest absolute Gasteiger partial charge is 0.449 e. The summed E-state index contributed by atoms with van der Waals surface area (Å²) in [5, 5.41) is 7.86. The lowest BCUT2D eigenvalue weighted by Crippen LogP contribution is -2.43. The number of carbonyl (C=O) groups is 2. The topological polar surface area (TPSA) is 173 Å². The Balaban J connectivity index is 2.00. The van der Waals surface area contributed by atoms with E-state index in [-0.39, 0.29) is 37.3 Å². The van der Waals surface area contributed by atoms with Crippen molar-refractivity contribution in [3.05, 3.63) is 10.4 Å². The number of nitrogens with two attached hydrogens (primary N) is 1. The van der Waals surface area contributed by atoms with Crippen molar-refractivity contribution in [3.63, 3.8) is 0 Å². The minimum Gasteiger partial charge on any atom is -0.449 e. The number of nitrogens with one attached hydrogen (secondary N) is 4. The van der Waals surface area contributed by atoms with Gasteiger partial charge in [-0.15, -0.1) is 0 Å². The molecule has 1 unspecified atom stereocenters. The van der Waals surface area contributed by atoms with E-state index in [4.69, 9.17) is 19.9 Å². The molecular formula is C15H25N7O6. The van der Waals surface area contributed by atoms with Gasteiger partial charge < -0.3 is 35.9 Å². The molecule has 1 aromatic rings. The minimum atomic E-state index is -1.17. The summed E-state index contributed by atoms with van der Waals surface area (Å²) in [4.78, 5) is 43.0. The first kappa shape index (κ1) is 21.1. The predicted octanol–water partition coefficient (Wildman–Crippen LogP) is -0.276. The van der Waals surface area contributed by atoms with Crippen molar-refractivity contribution in [1.29, 1.82) is 0 Å². The van der Waals surface area contributed by atoms with Crippen LogP contribution >= 0.6 is 0 Å². The molecule has 0 bridgehead atoms. The molecule has 13 heteroatoms. The molecule has 0 fully saturated rings. The van der Waals surface area contributed by atoms with Crippen LogP contribution in [0.3, 0.4) is 0 Å². The van der Waals surface area contributed by atoms with Crippen LogP contribution in [0.4, 0.5) is 27.0 Å². The van der Waals surface area contributed by atoms with Gasteiger partial charge in [-0.25, -0.2) is 9.59 Å². The first-order chi connectivity index (χ1) is 13.5. The predicted molar refractivity (Wildman–Crippen MR) is 99.8 cm³/mol. The van der Waals surface area contributed by atoms with Gasteiger partial charge in [0.15, 0.2) is 5.82 Å². The molecule has 2 rings (SSSR count). The van der Waals surface area contributed by atoms with Gasteiger partial charge in [-0.2, -0.15) is 4.98 Å². The van der Waals surface area contributed by atoms with E-state index in [9.17, 15) is 14.4 Å². The van der Waals surface area contributed by atoms with E-state index in [2.05, 4.69) is 25.9 Å². The molecule has 0 spiro atoms. The zero-order valence-electron chi connectivity index (χ0n) is 15.7. The minimum absolute atomic E-state index is 0.0791. The number of nitrogens with zero attached hydrogens (tertiary/aromatic N) is 2. The molecule has 156 valence electrons. The molecule has 1 aliphatic heterocycles. The number of amides is 2. The molecule has 6 N–H and O–H groups in total. The molecule has 28 heavy (non-hydrogen) atoms. The van der Waals surface area contributed by atoms with Crippen LogP contribution < -0.4 is 32.1 Å². The smallest absolute Gasteiger partial charge is 0.410 e. The zero-order valence-corrected chi connectivity index (χ0v) is 15.7. The standard InChI is InChI=1S/C15H25N7O6/c1-3-17-13(24)26-6-5-7-27-15(28-14(25)18-4-2)22-8-19-9-10(22)20-12(16)21-11(9)23/h15,19H,3-8H2,1-2H3,(H,17,24)(H,18,25)(H3,16,20,21,23). The highest BCUT2D eigenvalue weighted by Gasteiger charge is 2.32. The van der Waals surface area contributed by atoms with Crippen LogP contribution in [0.15, 0.2) is 4.79 Å². The van der Waals surface area contributed by atoms with Gasteiger partial charge in [0.1, 0.15) is 5.69 Å². The van der Waals surface area contributed by atoms with E-state index < -0.39 is 24.2 Å². The van der Waals surface area contributed by atoms with Crippen molar-refractivity contribution >= 4 is 29.6 Å². The highest BCUT2D eigenvalue weighted by molar-refractivity contribution is 5.72. The third kappa shape index (κ3) is 5.64. The zero-order chi connectivity index (χ0) is 20.5. The quantitative estimate of drug-likeness (QED) is 0.274. The maximum Gasteiger partial charge on any atom is 0.410 e. The van der Waals surface area contributed by atoms with E-state index in [1.54, 1.807) is 13.8 Å². The Kier molecular flexibility index (Phi) is 7.68. The number of aromatic nitrogens is 2. The number of hydrogen-bond acceptors (Lipinski definition) is 10. The third-order valence-electron chi connectivity index (χ3n) is 3.50. The third-order valence-corrected chi connectivity index (χ3v) is 3.50. The Morgan fingerprint density at radius 2 is 1.96 bits per heavy atom. The molecule has 0 saturated carbocycles. The number of H-pyrrole nitrogens is 1. The van der Waals surface area contributed by atoms with Crippen molar-refractivity contribution < 1.29 is 23.8 Å². The van der Waals surface area contributed by atoms with Crippen LogP contribution in [0.25, 0.3) is 0 Å². The van der Waals surface area contributed by atoms with Crippen molar-refractivity contribution in [3.8, 4) is 0 Å². The van der Waals surface area contributed by atoms with Gasteiger partial charge in [0, 0.05) is 19.5 Å². The highest BCUT2D eigenvalue weighted by atomic mass is 16.7. The van der Waals surface area contributed by atoms with Crippen molar-refractivity contribution in [2.45, 2.75) is 26.7 Å². The fourth-order valence-corrected chi connectivity index (χ4v) is 2.33. The maximum absolute atomic E-state index is 12.0.